The van der Waals surface area contributed by atoms with E-state index >= 15 is 0 Å². The first-order valence-corrected chi connectivity index (χ1v) is 10.9. The molecule has 7 heteroatoms. The van der Waals surface area contributed by atoms with E-state index in [0.29, 0.717) is 5.25 Å². The van der Waals surface area contributed by atoms with Gasteiger partial charge >= 0.3 is 0 Å². The smallest absolute Gasteiger partial charge is 0.193 e. The van der Waals surface area contributed by atoms with E-state index in [0.717, 1.165) is 22.5 Å². The standard InChI is InChI=1S/C20H21N5S2/c1-12-10-15(14(3)25(12)19-22-8-9-26-19)18-17(16-6-4-5-7-21-16)23-20-24(18)11-13(2)27-20/h4-10,13,17-18H,11H2,1-3H3/t13-,17-,18+/m0/s1. The molecule has 1 saturated heterocycles. The Morgan fingerprint density at radius 2 is 2.04 bits per heavy atom. The van der Waals surface area contributed by atoms with Crippen LogP contribution >= 0.6 is 23.1 Å². The van der Waals surface area contributed by atoms with Gasteiger partial charge in [0.05, 0.1) is 11.7 Å². The van der Waals surface area contributed by atoms with Crippen LogP contribution in [0.15, 0.2) is 47.0 Å². The third kappa shape index (κ3) is 2.72. The summed E-state index contributed by atoms with van der Waals surface area (Å²) in [6.45, 7) is 7.66. The summed E-state index contributed by atoms with van der Waals surface area (Å²) in [6, 6.07) is 8.64. The summed E-state index contributed by atoms with van der Waals surface area (Å²) < 4.78 is 2.26. The number of aryl methyl sites for hydroxylation is 1. The number of amidine groups is 1. The summed E-state index contributed by atoms with van der Waals surface area (Å²) in [5, 5.41) is 4.77. The number of pyridine rings is 1. The van der Waals surface area contributed by atoms with Crippen molar-refractivity contribution >= 4 is 28.3 Å². The van der Waals surface area contributed by atoms with Gasteiger partial charge in [-0.1, -0.05) is 24.8 Å². The molecule has 5 heterocycles. The highest BCUT2D eigenvalue weighted by atomic mass is 32.2. The lowest BCUT2D eigenvalue weighted by Gasteiger charge is -2.27. The number of rotatable bonds is 3. The molecule has 0 amide bonds. The summed E-state index contributed by atoms with van der Waals surface area (Å²) in [4.78, 5) is 16.7. The lowest BCUT2D eigenvalue weighted by Crippen LogP contribution is -2.28. The maximum absolute atomic E-state index is 5.09. The van der Waals surface area contributed by atoms with Gasteiger partial charge in [-0.3, -0.25) is 14.5 Å². The second kappa shape index (κ2) is 6.49. The predicted octanol–water partition coefficient (Wildman–Crippen LogP) is 4.53. The Hall–Kier alpha value is -2.12. The van der Waals surface area contributed by atoms with Crippen LogP contribution in [0.2, 0.25) is 0 Å². The van der Waals surface area contributed by atoms with Crippen molar-refractivity contribution in [2.24, 2.45) is 4.99 Å². The first kappa shape index (κ1) is 17.0. The molecule has 3 atom stereocenters. The van der Waals surface area contributed by atoms with Gasteiger partial charge in [-0.25, -0.2) is 4.98 Å². The number of thiazole rings is 1. The third-order valence-electron chi connectivity index (χ3n) is 5.28. The quantitative estimate of drug-likeness (QED) is 0.653. The van der Waals surface area contributed by atoms with E-state index < -0.39 is 0 Å². The molecule has 138 valence electrons. The Balaban J connectivity index is 1.63. The SMILES string of the molecule is Cc1cc([C@@H]2[C@H](c3ccccn3)N=C3S[C@@H](C)CN32)c(C)n1-c1nccs1. The van der Waals surface area contributed by atoms with Gasteiger partial charge in [-0.2, -0.15) is 0 Å². The molecule has 3 aromatic rings. The summed E-state index contributed by atoms with van der Waals surface area (Å²) in [7, 11) is 0. The van der Waals surface area contributed by atoms with Crippen molar-refractivity contribution in [2.45, 2.75) is 38.1 Å². The predicted molar refractivity (Wildman–Crippen MR) is 112 cm³/mol. The van der Waals surface area contributed by atoms with Crippen LogP contribution in [0.4, 0.5) is 0 Å². The number of aliphatic imine (C=N–C) groups is 1. The molecule has 0 unspecified atom stereocenters. The van der Waals surface area contributed by atoms with Crippen LogP contribution in [0.25, 0.3) is 5.13 Å². The van der Waals surface area contributed by atoms with E-state index in [9.17, 15) is 0 Å². The topological polar surface area (TPSA) is 46.3 Å². The van der Waals surface area contributed by atoms with Gasteiger partial charge in [0.2, 0.25) is 0 Å². The van der Waals surface area contributed by atoms with Crippen LogP contribution < -0.4 is 0 Å². The molecule has 0 aliphatic carbocycles. The minimum absolute atomic E-state index is 0.0337. The van der Waals surface area contributed by atoms with Gasteiger partial charge in [0.15, 0.2) is 10.3 Å². The van der Waals surface area contributed by atoms with E-state index in [1.807, 2.05) is 35.6 Å². The molecule has 2 aliphatic heterocycles. The molecule has 0 saturated carbocycles. The van der Waals surface area contributed by atoms with Crippen molar-refractivity contribution in [3.05, 3.63) is 64.7 Å². The summed E-state index contributed by atoms with van der Waals surface area (Å²) in [5.41, 5.74) is 4.82. The monoisotopic (exact) mass is 395 g/mol. The third-order valence-corrected chi connectivity index (χ3v) is 7.14. The Kier molecular flexibility index (Phi) is 4.09. The summed E-state index contributed by atoms with van der Waals surface area (Å²) in [5.74, 6) is 0. The first-order chi connectivity index (χ1) is 13.1. The molecule has 1 fully saturated rings. The molecular weight excluding hydrogens is 374 g/mol. The Morgan fingerprint density at radius 3 is 2.78 bits per heavy atom. The Bertz CT molecular complexity index is 993. The maximum Gasteiger partial charge on any atom is 0.193 e. The minimum Gasteiger partial charge on any atom is -0.341 e. The lowest BCUT2D eigenvalue weighted by atomic mass is 9.96. The van der Waals surface area contributed by atoms with Crippen molar-refractivity contribution in [2.75, 3.05) is 6.54 Å². The van der Waals surface area contributed by atoms with Crippen LogP contribution in [0, 0.1) is 13.8 Å². The summed E-state index contributed by atoms with van der Waals surface area (Å²) >= 11 is 3.55. The summed E-state index contributed by atoms with van der Waals surface area (Å²) in [6.07, 6.45) is 3.73. The lowest BCUT2D eigenvalue weighted by molar-refractivity contribution is 0.320. The molecule has 0 N–H and O–H groups in total. The molecule has 0 aromatic carbocycles. The molecule has 5 rings (SSSR count). The van der Waals surface area contributed by atoms with E-state index in [1.165, 1.54) is 17.0 Å². The second-order valence-corrected chi connectivity index (χ2v) is 9.39. The zero-order valence-corrected chi connectivity index (χ0v) is 17.2. The number of hydrogen-bond donors (Lipinski definition) is 0. The fraction of sp³-hybridized carbons (Fsp3) is 0.350. The molecular formula is C20H21N5S2. The van der Waals surface area contributed by atoms with Crippen molar-refractivity contribution in [3.63, 3.8) is 0 Å². The van der Waals surface area contributed by atoms with Crippen molar-refractivity contribution in [1.29, 1.82) is 0 Å². The van der Waals surface area contributed by atoms with Gasteiger partial charge in [0.25, 0.3) is 0 Å². The number of fused-ring (bicyclic) bond motifs is 1. The van der Waals surface area contributed by atoms with Crippen molar-refractivity contribution in [3.8, 4) is 5.13 Å². The Labute approximate surface area is 167 Å². The maximum atomic E-state index is 5.09. The molecule has 27 heavy (non-hydrogen) atoms. The molecule has 0 radical (unpaired) electrons. The van der Waals surface area contributed by atoms with Crippen molar-refractivity contribution < 1.29 is 0 Å². The van der Waals surface area contributed by atoms with Crippen LogP contribution in [-0.2, 0) is 0 Å². The van der Waals surface area contributed by atoms with E-state index in [1.54, 1.807) is 11.3 Å². The van der Waals surface area contributed by atoms with E-state index in [4.69, 9.17) is 4.99 Å². The average Bonchev–Trinajstić information content (AvgIpc) is 3.40. The molecule has 2 aliphatic rings. The van der Waals surface area contributed by atoms with Gasteiger partial charge < -0.3 is 4.90 Å². The van der Waals surface area contributed by atoms with Gasteiger partial charge in [0, 0.05) is 41.0 Å². The number of thioether (sulfide) groups is 1. The normalized spacial score (nSPS) is 24.3. The van der Waals surface area contributed by atoms with Crippen LogP contribution in [0.1, 0.15) is 41.7 Å². The molecule has 0 spiro atoms. The number of nitrogens with zero attached hydrogens (tertiary/aromatic N) is 5. The van der Waals surface area contributed by atoms with E-state index in [-0.39, 0.29) is 12.1 Å². The fourth-order valence-electron chi connectivity index (χ4n) is 4.16. The van der Waals surface area contributed by atoms with Crippen LogP contribution in [0.5, 0.6) is 0 Å². The highest BCUT2D eigenvalue weighted by Crippen LogP contribution is 2.48. The largest absolute Gasteiger partial charge is 0.341 e. The van der Waals surface area contributed by atoms with E-state index in [2.05, 4.69) is 58.4 Å². The minimum atomic E-state index is 0.0337. The molecule has 0 bridgehead atoms. The van der Waals surface area contributed by atoms with Gasteiger partial charge in [-0.05, 0) is 37.6 Å². The number of aromatic nitrogens is 3. The van der Waals surface area contributed by atoms with Crippen molar-refractivity contribution in [1.82, 2.24) is 19.4 Å². The van der Waals surface area contributed by atoms with Crippen LogP contribution in [0.3, 0.4) is 0 Å². The van der Waals surface area contributed by atoms with Gasteiger partial charge in [0.1, 0.15) is 6.04 Å². The Morgan fingerprint density at radius 1 is 1.15 bits per heavy atom. The first-order valence-electron chi connectivity index (χ1n) is 9.14. The average molecular weight is 396 g/mol. The zero-order valence-electron chi connectivity index (χ0n) is 15.5. The fourth-order valence-corrected chi connectivity index (χ4v) is 6.01. The molecule has 3 aromatic heterocycles. The van der Waals surface area contributed by atoms with Gasteiger partial charge in [-0.15, -0.1) is 11.3 Å². The molecule has 5 nitrogen and oxygen atoms in total. The van der Waals surface area contributed by atoms with Crippen LogP contribution in [-0.4, -0.2) is 36.4 Å². The number of hydrogen-bond acceptors (Lipinski definition) is 6. The highest BCUT2D eigenvalue weighted by Gasteiger charge is 2.44. The zero-order chi connectivity index (χ0) is 18.5. The highest BCUT2D eigenvalue weighted by molar-refractivity contribution is 8.14. The second-order valence-electron chi connectivity index (χ2n) is 7.11.